The van der Waals surface area contributed by atoms with Crippen LogP contribution in [0.3, 0.4) is 0 Å². The van der Waals surface area contributed by atoms with Gasteiger partial charge in [0.25, 0.3) is 5.91 Å². The number of halogens is 1. The quantitative estimate of drug-likeness (QED) is 0.869. The average molecular weight is 312 g/mol. The van der Waals surface area contributed by atoms with Crippen molar-refractivity contribution in [2.45, 2.75) is 26.2 Å². The summed E-state index contributed by atoms with van der Waals surface area (Å²) in [5.74, 6) is 0.462. The SMILES string of the molecule is CCCCC(=O)c1cc2c(cc1Br)NC(=O)CO2. The van der Waals surface area contributed by atoms with Crippen LogP contribution in [0.25, 0.3) is 0 Å². The van der Waals surface area contributed by atoms with Gasteiger partial charge in [0.15, 0.2) is 12.4 Å². The van der Waals surface area contributed by atoms with Gasteiger partial charge in [-0.2, -0.15) is 0 Å². The lowest BCUT2D eigenvalue weighted by atomic mass is 10.0. The van der Waals surface area contributed by atoms with Crippen molar-refractivity contribution >= 4 is 33.3 Å². The minimum atomic E-state index is -0.181. The van der Waals surface area contributed by atoms with E-state index in [1.165, 1.54) is 0 Å². The highest BCUT2D eigenvalue weighted by molar-refractivity contribution is 9.10. The van der Waals surface area contributed by atoms with Crippen molar-refractivity contribution in [1.29, 1.82) is 0 Å². The smallest absolute Gasteiger partial charge is 0.262 e. The van der Waals surface area contributed by atoms with Crippen LogP contribution in [-0.4, -0.2) is 18.3 Å². The fourth-order valence-corrected chi connectivity index (χ4v) is 2.35. The van der Waals surface area contributed by atoms with E-state index in [1.54, 1.807) is 12.1 Å². The Morgan fingerprint density at radius 3 is 3.00 bits per heavy atom. The number of hydrogen-bond acceptors (Lipinski definition) is 3. The van der Waals surface area contributed by atoms with Gasteiger partial charge in [-0.25, -0.2) is 0 Å². The standard InChI is InChI=1S/C13H14BrNO3/c1-2-3-4-11(16)8-5-12-10(6-9(8)14)15-13(17)7-18-12/h5-6H,2-4,7H2,1H3,(H,15,17). The zero-order valence-electron chi connectivity index (χ0n) is 10.1. The second-order valence-electron chi connectivity index (χ2n) is 4.19. The molecule has 4 nitrogen and oxygen atoms in total. The number of anilines is 1. The maximum absolute atomic E-state index is 12.0. The number of fused-ring (bicyclic) bond motifs is 1. The second-order valence-corrected chi connectivity index (χ2v) is 5.05. The van der Waals surface area contributed by atoms with Gasteiger partial charge in [0.1, 0.15) is 5.75 Å². The average Bonchev–Trinajstić information content (AvgIpc) is 2.35. The summed E-state index contributed by atoms with van der Waals surface area (Å²) in [5.41, 5.74) is 1.21. The van der Waals surface area contributed by atoms with E-state index in [0.29, 0.717) is 27.9 Å². The maximum atomic E-state index is 12.0. The van der Waals surface area contributed by atoms with Crippen LogP contribution in [0.4, 0.5) is 5.69 Å². The Labute approximate surface area is 114 Å². The van der Waals surface area contributed by atoms with Gasteiger partial charge in [-0.05, 0) is 34.5 Å². The minimum absolute atomic E-state index is 0.00276. The van der Waals surface area contributed by atoms with Crippen LogP contribution in [0.1, 0.15) is 36.5 Å². The molecule has 1 amide bonds. The molecule has 0 fully saturated rings. The van der Waals surface area contributed by atoms with Crippen LogP contribution in [0.2, 0.25) is 0 Å². The first-order valence-electron chi connectivity index (χ1n) is 5.91. The molecule has 0 aliphatic carbocycles. The van der Waals surface area contributed by atoms with E-state index in [-0.39, 0.29) is 18.3 Å². The summed E-state index contributed by atoms with van der Waals surface area (Å²) in [6.45, 7) is 2.05. The second kappa shape index (κ2) is 5.52. The van der Waals surface area contributed by atoms with Gasteiger partial charge in [0.2, 0.25) is 0 Å². The highest BCUT2D eigenvalue weighted by atomic mass is 79.9. The lowest BCUT2D eigenvalue weighted by Crippen LogP contribution is -2.25. The molecule has 1 aromatic carbocycles. The predicted octanol–water partition coefficient (Wildman–Crippen LogP) is 3.15. The first-order chi connectivity index (χ1) is 8.61. The third-order valence-corrected chi connectivity index (χ3v) is 3.42. The monoisotopic (exact) mass is 311 g/mol. The van der Waals surface area contributed by atoms with Crippen LogP contribution >= 0.6 is 15.9 Å². The lowest BCUT2D eigenvalue weighted by molar-refractivity contribution is -0.118. The Bertz CT molecular complexity index is 499. The van der Waals surface area contributed by atoms with Crippen LogP contribution < -0.4 is 10.1 Å². The van der Waals surface area contributed by atoms with E-state index in [4.69, 9.17) is 4.74 Å². The van der Waals surface area contributed by atoms with Gasteiger partial charge in [-0.15, -0.1) is 0 Å². The van der Waals surface area contributed by atoms with Gasteiger partial charge >= 0.3 is 0 Å². The van der Waals surface area contributed by atoms with Gasteiger partial charge in [-0.1, -0.05) is 13.3 Å². The van der Waals surface area contributed by atoms with Crippen molar-refractivity contribution < 1.29 is 14.3 Å². The molecule has 96 valence electrons. The third kappa shape index (κ3) is 2.72. The summed E-state index contributed by atoms with van der Waals surface area (Å²) in [6, 6.07) is 3.41. The molecular formula is C13H14BrNO3. The van der Waals surface area contributed by atoms with Crippen LogP contribution in [0.15, 0.2) is 16.6 Å². The molecule has 0 unspecified atom stereocenters. The molecule has 0 saturated heterocycles. The number of carbonyl (C=O) groups excluding carboxylic acids is 2. The number of ketones is 1. The molecule has 0 bridgehead atoms. The van der Waals surface area contributed by atoms with Crippen molar-refractivity contribution in [3.8, 4) is 5.75 Å². The molecular weight excluding hydrogens is 298 g/mol. The van der Waals surface area contributed by atoms with E-state index in [2.05, 4.69) is 21.2 Å². The Kier molecular flexibility index (Phi) is 4.01. The van der Waals surface area contributed by atoms with Gasteiger partial charge in [-0.3, -0.25) is 9.59 Å². The van der Waals surface area contributed by atoms with Gasteiger partial charge in [0, 0.05) is 16.5 Å². The summed E-state index contributed by atoms with van der Waals surface area (Å²) in [6.07, 6.45) is 2.39. The number of hydrogen-bond donors (Lipinski definition) is 1. The Morgan fingerprint density at radius 1 is 1.50 bits per heavy atom. The van der Waals surface area contributed by atoms with Crippen LogP contribution in [0, 0.1) is 0 Å². The predicted molar refractivity (Wildman–Crippen MR) is 72.1 cm³/mol. The highest BCUT2D eigenvalue weighted by Crippen LogP contribution is 2.34. The number of carbonyl (C=O) groups is 2. The minimum Gasteiger partial charge on any atom is -0.482 e. The summed E-state index contributed by atoms with van der Waals surface area (Å²) in [5, 5.41) is 2.70. The third-order valence-electron chi connectivity index (χ3n) is 2.76. The fraction of sp³-hybridized carbons (Fsp3) is 0.385. The summed E-state index contributed by atoms with van der Waals surface area (Å²) in [7, 11) is 0. The zero-order chi connectivity index (χ0) is 13.1. The van der Waals surface area contributed by atoms with E-state index in [9.17, 15) is 9.59 Å². The largest absolute Gasteiger partial charge is 0.482 e. The summed E-state index contributed by atoms with van der Waals surface area (Å²) >= 11 is 3.36. The topological polar surface area (TPSA) is 55.4 Å². The Hall–Kier alpha value is -1.36. The molecule has 1 heterocycles. The first kappa shape index (κ1) is 13.1. The number of unbranched alkanes of at least 4 members (excludes halogenated alkanes) is 1. The van der Waals surface area contributed by atoms with Crippen molar-refractivity contribution in [2.75, 3.05) is 11.9 Å². The zero-order valence-corrected chi connectivity index (χ0v) is 11.7. The Morgan fingerprint density at radius 2 is 2.28 bits per heavy atom. The fourth-order valence-electron chi connectivity index (χ4n) is 1.79. The lowest BCUT2D eigenvalue weighted by Gasteiger charge is -2.19. The van der Waals surface area contributed by atoms with Crippen LogP contribution in [0.5, 0.6) is 5.75 Å². The number of nitrogens with one attached hydrogen (secondary N) is 1. The first-order valence-corrected chi connectivity index (χ1v) is 6.70. The molecule has 0 saturated carbocycles. The summed E-state index contributed by atoms with van der Waals surface area (Å²) in [4.78, 5) is 23.2. The van der Waals surface area contributed by atoms with Crippen molar-refractivity contribution in [2.24, 2.45) is 0 Å². The highest BCUT2D eigenvalue weighted by Gasteiger charge is 2.20. The molecule has 1 aliphatic heterocycles. The Balaban J connectivity index is 2.27. The number of benzene rings is 1. The van der Waals surface area contributed by atoms with Crippen molar-refractivity contribution in [3.05, 3.63) is 22.2 Å². The molecule has 0 atom stereocenters. The molecule has 1 aliphatic rings. The molecule has 0 radical (unpaired) electrons. The van der Waals surface area contributed by atoms with Crippen LogP contribution in [-0.2, 0) is 4.79 Å². The van der Waals surface area contributed by atoms with E-state index < -0.39 is 0 Å². The normalized spacial score (nSPS) is 13.6. The molecule has 0 aromatic heterocycles. The molecule has 5 heteroatoms. The van der Waals surface area contributed by atoms with Gasteiger partial charge in [0.05, 0.1) is 5.69 Å². The molecule has 1 aromatic rings. The number of Topliss-reactive ketones (excluding diaryl/α,β-unsaturated/α-hetero) is 1. The van der Waals surface area contributed by atoms with Crippen molar-refractivity contribution in [1.82, 2.24) is 0 Å². The van der Waals surface area contributed by atoms with Gasteiger partial charge < -0.3 is 10.1 Å². The molecule has 18 heavy (non-hydrogen) atoms. The number of rotatable bonds is 4. The molecule has 2 rings (SSSR count). The van der Waals surface area contributed by atoms with E-state index in [1.807, 2.05) is 6.92 Å². The molecule has 1 N–H and O–H groups in total. The van der Waals surface area contributed by atoms with E-state index in [0.717, 1.165) is 12.8 Å². The van der Waals surface area contributed by atoms with E-state index >= 15 is 0 Å². The summed E-state index contributed by atoms with van der Waals surface area (Å²) < 4.78 is 5.99. The number of ether oxygens (including phenoxy) is 1. The van der Waals surface area contributed by atoms with Crippen molar-refractivity contribution in [3.63, 3.8) is 0 Å². The molecule has 0 spiro atoms. The maximum Gasteiger partial charge on any atom is 0.262 e. The number of amides is 1.